The molecule has 0 aromatic heterocycles. The molecule has 0 heterocycles. The number of hydrogen-bond donors (Lipinski definition) is 1. The lowest BCUT2D eigenvalue weighted by molar-refractivity contribution is 0.100. The number of primary amides is 1. The third kappa shape index (κ3) is 1.60. The number of anilines is 1. The largest absolute Gasteiger partial charge is 0.377 e. The molecule has 3 heteroatoms. The van der Waals surface area contributed by atoms with E-state index in [-0.39, 0.29) is 5.91 Å². The highest BCUT2D eigenvalue weighted by atomic mass is 16.1. The summed E-state index contributed by atoms with van der Waals surface area (Å²) in [5.41, 5.74) is 6.89. The molecule has 0 radical (unpaired) electrons. The quantitative estimate of drug-likeness (QED) is 0.831. The number of fused-ring (bicyclic) bond motifs is 1. The molecule has 3 nitrogen and oxygen atoms in total. The van der Waals surface area contributed by atoms with Crippen molar-refractivity contribution in [3.8, 4) is 0 Å². The zero-order valence-corrected chi connectivity index (χ0v) is 9.40. The van der Waals surface area contributed by atoms with Gasteiger partial charge in [0.1, 0.15) is 0 Å². The van der Waals surface area contributed by atoms with Gasteiger partial charge in [-0.25, -0.2) is 0 Å². The Labute approximate surface area is 94.5 Å². The van der Waals surface area contributed by atoms with Crippen molar-refractivity contribution in [3.63, 3.8) is 0 Å². The maximum absolute atomic E-state index is 11.5. The fourth-order valence-corrected chi connectivity index (χ4v) is 1.89. The van der Waals surface area contributed by atoms with E-state index in [1.807, 2.05) is 55.4 Å². The van der Waals surface area contributed by atoms with Crippen LogP contribution < -0.4 is 10.6 Å². The van der Waals surface area contributed by atoms with Gasteiger partial charge in [-0.2, -0.15) is 0 Å². The zero-order valence-electron chi connectivity index (χ0n) is 9.40. The molecule has 0 bridgehead atoms. The Balaban J connectivity index is 2.84. The molecule has 2 aromatic carbocycles. The molecule has 16 heavy (non-hydrogen) atoms. The highest BCUT2D eigenvalue weighted by Gasteiger charge is 2.13. The number of amides is 1. The summed E-state index contributed by atoms with van der Waals surface area (Å²) in [6.45, 7) is 0. The molecule has 0 spiro atoms. The van der Waals surface area contributed by atoms with Gasteiger partial charge in [-0.1, -0.05) is 30.3 Å². The second-order valence-corrected chi connectivity index (χ2v) is 3.94. The van der Waals surface area contributed by atoms with Crippen LogP contribution in [0.1, 0.15) is 10.4 Å². The zero-order chi connectivity index (χ0) is 11.7. The number of nitrogens with zero attached hydrogens (tertiary/aromatic N) is 1. The minimum absolute atomic E-state index is 0.388. The fraction of sp³-hybridized carbons (Fsp3) is 0.154. The molecule has 0 saturated carbocycles. The summed E-state index contributed by atoms with van der Waals surface area (Å²) in [7, 11) is 3.80. The molecule has 0 aliphatic rings. The van der Waals surface area contributed by atoms with E-state index < -0.39 is 0 Å². The van der Waals surface area contributed by atoms with Gasteiger partial charge in [-0.3, -0.25) is 4.79 Å². The van der Waals surface area contributed by atoms with Gasteiger partial charge in [0.05, 0.1) is 5.56 Å². The van der Waals surface area contributed by atoms with Crippen molar-refractivity contribution in [1.82, 2.24) is 0 Å². The van der Waals surface area contributed by atoms with Crippen LogP contribution >= 0.6 is 0 Å². The smallest absolute Gasteiger partial charge is 0.251 e. The van der Waals surface area contributed by atoms with E-state index in [1.54, 1.807) is 0 Å². The normalized spacial score (nSPS) is 10.4. The van der Waals surface area contributed by atoms with Gasteiger partial charge >= 0.3 is 0 Å². The van der Waals surface area contributed by atoms with Crippen LogP contribution in [-0.2, 0) is 0 Å². The maximum Gasteiger partial charge on any atom is 0.251 e. The van der Waals surface area contributed by atoms with Gasteiger partial charge in [0, 0.05) is 19.8 Å². The minimum Gasteiger partial charge on any atom is -0.377 e. The summed E-state index contributed by atoms with van der Waals surface area (Å²) in [5.74, 6) is -0.388. The second-order valence-electron chi connectivity index (χ2n) is 3.94. The summed E-state index contributed by atoms with van der Waals surface area (Å²) in [5, 5.41) is 1.93. The lowest BCUT2D eigenvalue weighted by atomic mass is 10.0. The van der Waals surface area contributed by atoms with Crippen molar-refractivity contribution in [1.29, 1.82) is 0 Å². The Morgan fingerprint density at radius 1 is 1.12 bits per heavy atom. The van der Waals surface area contributed by atoms with Crippen LogP contribution in [0, 0.1) is 0 Å². The molecule has 0 aliphatic carbocycles. The lowest BCUT2D eigenvalue weighted by Gasteiger charge is -2.17. The minimum atomic E-state index is -0.388. The maximum atomic E-state index is 11.5. The molecule has 2 N–H and O–H groups in total. The summed E-state index contributed by atoms with van der Waals surface area (Å²) in [4.78, 5) is 13.4. The summed E-state index contributed by atoms with van der Waals surface area (Å²) >= 11 is 0. The van der Waals surface area contributed by atoms with Crippen molar-refractivity contribution in [2.24, 2.45) is 5.73 Å². The van der Waals surface area contributed by atoms with Crippen LogP contribution in [0.25, 0.3) is 10.8 Å². The van der Waals surface area contributed by atoms with Gasteiger partial charge in [-0.05, 0) is 16.8 Å². The van der Waals surface area contributed by atoms with E-state index >= 15 is 0 Å². The number of nitrogens with two attached hydrogens (primary N) is 1. The predicted octanol–water partition coefficient (Wildman–Crippen LogP) is 2.00. The van der Waals surface area contributed by atoms with Gasteiger partial charge in [0.15, 0.2) is 0 Å². The first-order valence-corrected chi connectivity index (χ1v) is 5.10. The standard InChI is InChI=1S/C13H14N2O/c1-15(2)11-8-7-9-5-3-4-6-10(9)12(11)13(14)16/h3-8H,1-2H3,(H2,14,16). The van der Waals surface area contributed by atoms with Gasteiger partial charge < -0.3 is 10.6 Å². The number of carbonyl (C=O) groups is 1. The molecule has 0 atom stereocenters. The Hall–Kier alpha value is -2.03. The molecule has 0 aliphatic heterocycles. The summed E-state index contributed by atoms with van der Waals surface area (Å²) in [6.07, 6.45) is 0. The topological polar surface area (TPSA) is 46.3 Å². The SMILES string of the molecule is CN(C)c1ccc2ccccc2c1C(N)=O. The van der Waals surface area contributed by atoms with Crippen LogP contribution in [-0.4, -0.2) is 20.0 Å². The lowest BCUT2D eigenvalue weighted by Crippen LogP contribution is -2.18. The molecule has 0 saturated heterocycles. The Morgan fingerprint density at radius 3 is 2.44 bits per heavy atom. The molecular formula is C13H14N2O. The summed E-state index contributed by atoms with van der Waals surface area (Å²) < 4.78 is 0. The van der Waals surface area contributed by atoms with E-state index in [0.29, 0.717) is 5.56 Å². The number of carbonyl (C=O) groups excluding carboxylic acids is 1. The first kappa shape index (κ1) is 10.5. The fourth-order valence-electron chi connectivity index (χ4n) is 1.89. The highest BCUT2D eigenvalue weighted by Crippen LogP contribution is 2.27. The van der Waals surface area contributed by atoms with Gasteiger partial charge in [-0.15, -0.1) is 0 Å². The molecule has 0 unspecified atom stereocenters. The van der Waals surface area contributed by atoms with Crippen molar-refractivity contribution >= 4 is 22.4 Å². The Bertz CT molecular complexity index is 547. The second kappa shape index (κ2) is 3.85. The number of hydrogen-bond acceptors (Lipinski definition) is 2. The van der Waals surface area contributed by atoms with E-state index in [0.717, 1.165) is 16.5 Å². The van der Waals surface area contributed by atoms with Crippen molar-refractivity contribution < 1.29 is 4.79 Å². The Kier molecular flexibility index (Phi) is 2.52. The van der Waals surface area contributed by atoms with Crippen LogP contribution in [0.3, 0.4) is 0 Å². The van der Waals surface area contributed by atoms with E-state index in [4.69, 9.17) is 5.73 Å². The molecule has 2 rings (SSSR count). The third-order valence-corrected chi connectivity index (χ3v) is 2.64. The molecule has 82 valence electrons. The van der Waals surface area contributed by atoms with Crippen molar-refractivity contribution in [2.45, 2.75) is 0 Å². The summed E-state index contributed by atoms with van der Waals surface area (Å²) in [6, 6.07) is 11.7. The average molecular weight is 214 g/mol. The van der Waals surface area contributed by atoms with Crippen LogP contribution in [0.5, 0.6) is 0 Å². The molecular weight excluding hydrogens is 200 g/mol. The number of rotatable bonds is 2. The van der Waals surface area contributed by atoms with Gasteiger partial charge in [0.25, 0.3) is 5.91 Å². The van der Waals surface area contributed by atoms with Gasteiger partial charge in [0.2, 0.25) is 0 Å². The average Bonchev–Trinajstić information content (AvgIpc) is 2.27. The highest BCUT2D eigenvalue weighted by molar-refractivity contribution is 6.11. The predicted molar refractivity (Wildman–Crippen MR) is 66.8 cm³/mol. The number of benzene rings is 2. The molecule has 1 amide bonds. The molecule has 0 fully saturated rings. The van der Waals surface area contributed by atoms with E-state index in [2.05, 4.69) is 0 Å². The Morgan fingerprint density at radius 2 is 1.81 bits per heavy atom. The first-order chi connectivity index (χ1) is 7.61. The van der Waals surface area contributed by atoms with Crippen LogP contribution in [0.4, 0.5) is 5.69 Å². The van der Waals surface area contributed by atoms with Crippen LogP contribution in [0.15, 0.2) is 36.4 Å². The van der Waals surface area contributed by atoms with Crippen LogP contribution in [0.2, 0.25) is 0 Å². The van der Waals surface area contributed by atoms with Crippen molar-refractivity contribution in [3.05, 3.63) is 42.0 Å². The van der Waals surface area contributed by atoms with E-state index in [1.165, 1.54) is 0 Å². The molecule has 2 aromatic rings. The first-order valence-electron chi connectivity index (χ1n) is 5.10. The van der Waals surface area contributed by atoms with Crippen molar-refractivity contribution in [2.75, 3.05) is 19.0 Å². The van der Waals surface area contributed by atoms with E-state index in [9.17, 15) is 4.79 Å². The third-order valence-electron chi connectivity index (χ3n) is 2.64. The monoisotopic (exact) mass is 214 g/mol.